The lowest BCUT2D eigenvalue weighted by atomic mass is 10.2. The monoisotopic (exact) mass is 383 g/mol. The Morgan fingerprint density at radius 2 is 2.21 bits per heavy atom. The van der Waals surface area contributed by atoms with E-state index in [2.05, 4.69) is 38.5 Å². The summed E-state index contributed by atoms with van der Waals surface area (Å²) in [5, 5.41) is 13.3. The van der Waals surface area contributed by atoms with Gasteiger partial charge in [-0.05, 0) is 44.6 Å². The van der Waals surface area contributed by atoms with E-state index in [0.29, 0.717) is 5.39 Å². The maximum atomic E-state index is 10.8. The molecule has 1 aromatic carbocycles. The van der Waals surface area contributed by atoms with E-state index in [0.717, 1.165) is 12.7 Å². The Morgan fingerprint density at radius 1 is 1.50 bits per heavy atom. The van der Waals surface area contributed by atoms with Crippen molar-refractivity contribution < 1.29 is 4.92 Å². The number of hydrogen-bond donors (Lipinski definition) is 0. The summed E-state index contributed by atoms with van der Waals surface area (Å²) >= 11 is 7.01. The van der Waals surface area contributed by atoms with Crippen LogP contribution in [0.2, 0.25) is 0 Å². The topological polar surface area (TPSA) is 43.1 Å². The van der Waals surface area contributed by atoms with Crippen LogP contribution in [0.15, 0.2) is 22.0 Å². The summed E-state index contributed by atoms with van der Waals surface area (Å²) in [4.78, 5) is 10.4. The molecule has 3 nitrogen and oxygen atoms in total. The number of non-ortho nitro benzene ring substituents is 1. The summed E-state index contributed by atoms with van der Waals surface area (Å²) in [5.74, 6) is 0. The zero-order valence-electron chi connectivity index (χ0n) is 6.66. The van der Waals surface area contributed by atoms with E-state index in [1.165, 1.54) is 11.3 Å². The van der Waals surface area contributed by atoms with Gasteiger partial charge in [-0.25, -0.2) is 0 Å². The van der Waals surface area contributed by atoms with Gasteiger partial charge in [0, 0.05) is 19.5 Å². The van der Waals surface area contributed by atoms with Gasteiger partial charge in [-0.3, -0.25) is 10.1 Å². The largest absolute Gasteiger partial charge is 0.279 e. The minimum atomic E-state index is -0.351. The summed E-state index contributed by atoms with van der Waals surface area (Å²) < 4.78 is 2.80. The molecule has 0 N–H and O–H groups in total. The molecule has 0 spiro atoms. The van der Waals surface area contributed by atoms with Gasteiger partial charge in [-0.1, -0.05) is 0 Å². The number of nitrogens with zero attached hydrogens (tertiary/aromatic N) is 1. The molecule has 0 amide bonds. The molecule has 0 fully saturated rings. The van der Waals surface area contributed by atoms with E-state index in [1.807, 2.05) is 5.38 Å². The average molecular weight is 384 g/mol. The predicted molar refractivity (Wildman–Crippen MR) is 68.9 cm³/mol. The third kappa shape index (κ3) is 1.55. The molecule has 0 saturated carbocycles. The lowest BCUT2D eigenvalue weighted by molar-refractivity contribution is -0.383. The van der Waals surface area contributed by atoms with Gasteiger partial charge in [-0.2, -0.15) is 0 Å². The van der Waals surface area contributed by atoms with Gasteiger partial charge in [0.2, 0.25) is 0 Å². The van der Waals surface area contributed by atoms with Crippen molar-refractivity contribution in [1.29, 1.82) is 0 Å². The van der Waals surface area contributed by atoms with E-state index >= 15 is 0 Å². The predicted octanol–water partition coefficient (Wildman–Crippen LogP) is 4.18. The molecule has 0 unspecified atom stereocenters. The lowest BCUT2D eigenvalue weighted by Crippen LogP contribution is -1.88. The molecule has 2 rings (SSSR count). The van der Waals surface area contributed by atoms with Crippen LogP contribution < -0.4 is 0 Å². The van der Waals surface area contributed by atoms with Crippen molar-refractivity contribution in [3.8, 4) is 0 Å². The highest BCUT2D eigenvalue weighted by molar-refractivity contribution is 14.1. The fraction of sp³-hybridized carbons (Fsp3) is 0. The maximum absolute atomic E-state index is 10.8. The highest BCUT2D eigenvalue weighted by Crippen LogP contribution is 2.39. The van der Waals surface area contributed by atoms with E-state index in [1.54, 1.807) is 12.1 Å². The second kappa shape index (κ2) is 3.74. The minimum Gasteiger partial charge on any atom is -0.258 e. The van der Waals surface area contributed by atoms with Gasteiger partial charge in [0.1, 0.15) is 0 Å². The Bertz CT molecular complexity index is 525. The Balaban J connectivity index is 2.92. The zero-order chi connectivity index (χ0) is 10.3. The van der Waals surface area contributed by atoms with Gasteiger partial charge >= 0.3 is 0 Å². The number of hydrogen-bond acceptors (Lipinski definition) is 3. The second-order valence-electron chi connectivity index (χ2n) is 2.61. The van der Waals surface area contributed by atoms with Gasteiger partial charge in [-0.15, -0.1) is 11.3 Å². The molecule has 0 aliphatic rings. The van der Waals surface area contributed by atoms with Gasteiger partial charge in [0.15, 0.2) is 0 Å². The van der Waals surface area contributed by atoms with E-state index in [9.17, 15) is 10.1 Å². The minimum absolute atomic E-state index is 0.161. The standard InChI is InChI=1S/C8H3BrINO2S/c9-4-3-14-8-5(10)1-2-6(7(4)8)11(12)13/h1-3H. The van der Waals surface area contributed by atoms with Gasteiger partial charge < -0.3 is 0 Å². The Hall–Kier alpha value is -0.210. The van der Waals surface area contributed by atoms with Crippen LogP contribution in [0.5, 0.6) is 0 Å². The van der Waals surface area contributed by atoms with Crippen LogP contribution in [-0.4, -0.2) is 4.92 Å². The summed E-state index contributed by atoms with van der Waals surface area (Å²) in [7, 11) is 0. The fourth-order valence-electron chi connectivity index (χ4n) is 1.21. The van der Waals surface area contributed by atoms with Crippen LogP contribution in [0, 0.1) is 13.7 Å². The maximum Gasteiger partial charge on any atom is 0.279 e. The number of fused-ring (bicyclic) bond motifs is 1. The molecule has 0 aliphatic heterocycles. The van der Waals surface area contributed by atoms with Crippen LogP contribution in [0.1, 0.15) is 0 Å². The molecule has 0 atom stereocenters. The van der Waals surface area contributed by atoms with Gasteiger partial charge in [0.05, 0.1) is 15.0 Å². The molecule has 2 aromatic rings. The van der Waals surface area contributed by atoms with Crippen molar-refractivity contribution in [2.75, 3.05) is 0 Å². The summed E-state index contributed by atoms with van der Waals surface area (Å²) in [6.45, 7) is 0. The molecular weight excluding hydrogens is 381 g/mol. The van der Waals surface area contributed by atoms with Crippen LogP contribution in [-0.2, 0) is 0 Å². The van der Waals surface area contributed by atoms with E-state index in [4.69, 9.17) is 0 Å². The first-order valence-corrected chi connectivity index (χ1v) is 6.36. The summed E-state index contributed by atoms with van der Waals surface area (Å²) in [6.07, 6.45) is 0. The smallest absolute Gasteiger partial charge is 0.258 e. The molecular formula is C8H3BrINO2S. The first-order valence-electron chi connectivity index (χ1n) is 3.61. The molecule has 14 heavy (non-hydrogen) atoms. The van der Waals surface area contributed by atoms with Crippen molar-refractivity contribution in [2.45, 2.75) is 0 Å². The fourth-order valence-corrected chi connectivity index (χ4v) is 3.71. The SMILES string of the molecule is O=[N+]([O-])c1ccc(I)c2scc(Br)c12. The number of nitro benzene ring substituents is 1. The van der Waals surface area contributed by atoms with Crippen molar-refractivity contribution in [1.82, 2.24) is 0 Å². The Labute approximate surface area is 106 Å². The quantitative estimate of drug-likeness (QED) is 0.421. The molecule has 0 saturated heterocycles. The number of nitro groups is 1. The van der Waals surface area contributed by atoms with Crippen molar-refractivity contribution in [3.63, 3.8) is 0 Å². The highest BCUT2D eigenvalue weighted by Gasteiger charge is 2.17. The van der Waals surface area contributed by atoms with Crippen molar-refractivity contribution in [2.24, 2.45) is 0 Å². The molecule has 6 heteroatoms. The molecule has 1 heterocycles. The second-order valence-corrected chi connectivity index (χ2v) is 5.51. The third-order valence-corrected chi connectivity index (χ3v) is 5.01. The normalized spacial score (nSPS) is 10.7. The van der Waals surface area contributed by atoms with Crippen LogP contribution >= 0.6 is 49.9 Å². The number of benzene rings is 1. The van der Waals surface area contributed by atoms with Crippen molar-refractivity contribution >= 4 is 65.6 Å². The highest BCUT2D eigenvalue weighted by atomic mass is 127. The van der Waals surface area contributed by atoms with Crippen LogP contribution in [0.25, 0.3) is 10.1 Å². The molecule has 72 valence electrons. The van der Waals surface area contributed by atoms with E-state index in [-0.39, 0.29) is 10.6 Å². The first-order chi connectivity index (χ1) is 6.61. The Morgan fingerprint density at radius 3 is 2.86 bits per heavy atom. The lowest BCUT2D eigenvalue weighted by Gasteiger charge is -1.96. The van der Waals surface area contributed by atoms with Crippen molar-refractivity contribution in [3.05, 3.63) is 35.7 Å². The first kappa shape index (κ1) is 10.3. The summed E-state index contributed by atoms with van der Waals surface area (Å²) in [5.41, 5.74) is 0.161. The average Bonchev–Trinajstić information content (AvgIpc) is 2.50. The molecule has 0 aliphatic carbocycles. The summed E-state index contributed by atoms with van der Waals surface area (Å²) in [6, 6.07) is 3.31. The molecule has 0 bridgehead atoms. The van der Waals surface area contributed by atoms with Gasteiger partial charge in [0.25, 0.3) is 5.69 Å². The number of rotatable bonds is 1. The van der Waals surface area contributed by atoms with E-state index < -0.39 is 0 Å². The molecule has 0 radical (unpaired) electrons. The van der Waals surface area contributed by atoms with Crippen LogP contribution in [0.3, 0.4) is 0 Å². The van der Waals surface area contributed by atoms with Crippen LogP contribution in [0.4, 0.5) is 5.69 Å². The number of thiophene rings is 1. The third-order valence-electron chi connectivity index (χ3n) is 1.80. The zero-order valence-corrected chi connectivity index (χ0v) is 11.2. The number of halogens is 2. The Kier molecular flexibility index (Phi) is 2.76. The molecule has 1 aromatic heterocycles.